The molecule has 0 aromatic heterocycles. The summed E-state index contributed by atoms with van der Waals surface area (Å²) in [6.45, 7) is 4.77. The number of carbonyl (C=O) groups is 1. The number of hydrogen-bond acceptors (Lipinski definition) is 6. The third kappa shape index (κ3) is 7.10. The Morgan fingerprint density at radius 2 is 1.81 bits per heavy atom. The first-order valence-electron chi connectivity index (χ1n) is 10.2. The number of nitrogens with zero attached hydrogens (tertiary/aromatic N) is 1. The monoisotopic (exact) mass is 449 g/mol. The van der Waals surface area contributed by atoms with Crippen molar-refractivity contribution in [2.24, 2.45) is 0 Å². The highest BCUT2D eigenvalue weighted by atomic mass is 32.2. The van der Waals surface area contributed by atoms with E-state index in [2.05, 4.69) is 19.7 Å². The van der Waals surface area contributed by atoms with E-state index in [1.807, 2.05) is 24.3 Å². The van der Waals surface area contributed by atoms with Crippen LogP contribution in [0.5, 0.6) is 0 Å². The van der Waals surface area contributed by atoms with Crippen molar-refractivity contribution in [2.45, 2.75) is 19.5 Å². The van der Waals surface area contributed by atoms with Crippen molar-refractivity contribution >= 4 is 16.0 Å². The van der Waals surface area contributed by atoms with Gasteiger partial charge in [0.1, 0.15) is 5.82 Å². The molecule has 31 heavy (non-hydrogen) atoms. The summed E-state index contributed by atoms with van der Waals surface area (Å²) in [5.41, 5.74) is 2.38. The fourth-order valence-corrected chi connectivity index (χ4v) is 4.41. The van der Waals surface area contributed by atoms with Crippen molar-refractivity contribution in [1.82, 2.24) is 14.9 Å². The molecule has 0 aliphatic carbocycles. The molecule has 0 bridgehead atoms. The zero-order valence-electron chi connectivity index (χ0n) is 17.6. The lowest BCUT2D eigenvalue weighted by Gasteiger charge is -2.27. The third-order valence-electron chi connectivity index (χ3n) is 5.25. The summed E-state index contributed by atoms with van der Waals surface area (Å²) in [5.74, 6) is -1.40. The molecule has 0 unspecified atom stereocenters. The molecule has 0 atom stereocenters. The van der Waals surface area contributed by atoms with Gasteiger partial charge in [-0.3, -0.25) is 4.90 Å². The number of ether oxygens (including phenoxy) is 1. The minimum absolute atomic E-state index is 0.0759. The summed E-state index contributed by atoms with van der Waals surface area (Å²) in [5, 5.41) is 3.33. The number of benzene rings is 2. The van der Waals surface area contributed by atoms with Crippen LogP contribution in [0, 0.1) is 5.82 Å². The Morgan fingerprint density at radius 1 is 1.13 bits per heavy atom. The molecule has 1 fully saturated rings. The van der Waals surface area contributed by atoms with Crippen LogP contribution in [0.2, 0.25) is 0 Å². The Bertz CT molecular complexity index is 990. The van der Waals surface area contributed by atoms with Gasteiger partial charge in [0.25, 0.3) is 0 Å². The standard InChI is InChI=1S/C22H28FN3O4S/c1-30-22(27)19-6-7-20(21(23)14-19)15-25-31(28,29)13-8-17-2-4-18(5-3-17)16-26-11-9-24-10-12-26/h2-7,14,24-25H,8-13,15-16H2,1H3. The Kier molecular flexibility index (Phi) is 8.14. The Labute approximate surface area is 182 Å². The molecular formula is C22H28FN3O4S. The molecule has 3 rings (SSSR count). The summed E-state index contributed by atoms with van der Waals surface area (Å²) < 4.78 is 45.7. The lowest BCUT2D eigenvalue weighted by atomic mass is 10.1. The van der Waals surface area contributed by atoms with Crippen molar-refractivity contribution in [3.63, 3.8) is 0 Å². The van der Waals surface area contributed by atoms with Crippen molar-refractivity contribution in [3.8, 4) is 0 Å². The van der Waals surface area contributed by atoms with E-state index in [1.54, 1.807) is 0 Å². The first-order chi connectivity index (χ1) is 14.9. The van der Waals surface area contributed by atoms with Crippen LogP contribution >= 0.6 is 0 Å². The Morgan fingerprint density at radius 3 is 2.45 bits per heavy atom. The molecule has 1 aliphatic rings. The van der Waals surface area contributed by atoms with Crippen LogP contribution in [-0.2, 0) is 34.3 Å². The number of halogens is 1. The number of esters is 1. The predicted octanol–water partition coefficient (Wildman–Crippen LogP) is 1.68. The quantitative estimate of drug-likeness (QED) is 0.567. The van der Waals surface area contributed by atoms with E-state index in [1.165, 1.54) is 24.8 Å². The highest BCUT2D eigenvalue weighted by Gasteiger charge is 2.14. The van der Waals surface area contributed by atoms with Crippen LogP contribution in [0.1, 0.15) is 27.0 Å². The lowest BCUT2D eigenvalue weighted by Crippen LogP contribution is -2.42. The molecule has 2 N–H and O–H groups in total. The van der Waals surface area contributed by atoms with Gasteiger partial charge in [-0.1, -0.05) is 30.3 Å². The van der Waals surface area contributed by atoms with Crippen LogP contribution in [0.15, 0.2) is 42.5 Å². The second-order valence-corrected chi connectivity index (χ2v) is 9.46. The molecule has 2 aromatic carbocycles. The summed E-state index contributed by atoms with van der Waals surface area (Å²) >= 11 is 0. The fourth-order valence-electron chi connectivity index (χ4n) is 3.39. The van der Waals surface area contributed by atoms with Crippen molar-refractivity contribution in [2.75, 3.05) is 39.0 Å². The van der Waals surface area contributed by atoms with Gasteiger partial charge in [0, 0.05) is 44.8 Å². The number of rotatable bonds is 9. The van der Waals surface area contributed by atoms with Crippen LogP contribution in [0.3, 0.4) is 0 Å². The van der Waals surface area contributed by atoms with E-state index in [-0.39, 0.29) is 23.4 Å². The molecule has 2 aromatic rings. The van der Waals surface area contributed by atoms with Gasteiger partial charge in [-0.2, -0.15) is 0 Å². The number of carbonyl (C=O) groups excluding carboxylic acids is 1. The zero-order chi connectivity index (χ0) is 22.3. The molecule has 7 nitrogen and oxygen atoms in total. The lowest BCUT2D eigenvalue weighted by molar-refractivity contribution is 0.0600. The van der Waals surface area contributed by atoms with E-state index in [0.717, 1.165) is 44.4 Å². The molecule has 0 radical (unpaired) electrons. The highest BCUT2D eigenvalue weighted by molar-refractivity contribution is 7.89. The number of methoxy groups -OCH3 is 1. The topological polar surface area (TPSA) is 87.7 Å². The van der Waals surface area contributed by atoms with Gasteiger partial charge in [-0.05, 0) is 29.7 Å². The number of nitrogens with one attached hydrogen (secondary N) is 2. The van der Waals surface area contributed by atoms with Gasteiger partial charge in [-0.25, -0.2) is 22.3 Å². The maximum absolute atomic E-state index is 14.1. The molecule has 0 spiro atoms. The molecule has 0 saturated carbocycles. The smallest absolute Gasteiger partial charge is 0.337 e. The summed E-state index contributed by atoms with van der Waals surface area (Å²) in [6, 6.07) is 11.8. The molecule has 9 heteroatoms. The number of aryl methyl sites for hydroxylation is 1. The second-order valence-electron chi connectivity index (χ2n) is 7.53. The minimum Gasteiger partial charge on any atom is -0.465 e. The zero-order valence-corrected chi connectivity index (χ0v) is 18.4. The van der Waals surface area contributed by atoms with E-state index < -0.39 is 21.8 Å². The highest BCUT2D eigenvalue weighted by Crippen LogP contribution is 2.13. The average molecular weight is 450 g/mol. The third-order valence-corrected chi connectivity index (χ3v) is 6.58. The molecule has 1 aliphatic heterocycles. The van der Waals surface area contributed by atoms with Crippen LogP contribution in [0.25, 0.3) is 0 Å². The van der Waals surface area contributed by atoms with Crippen molar-refractivity contribution in [3.05, 3.63) is 70.5 Å². The SMILES string of the molecule is COC(=O)c1ccc(CNS(=O)(=O)CCc2ccc(CN3CCNCC3)cc2)c(F)c1. The average Bonchev–Trinajstić information content (AvgIpc) is 2.78. The van der Waals surface area contributed by atoms with Crippen molar-refractivity contribution in [1.29, 1.82) is 0 Å². The number of sulfonamides is 1. The normalized spacial score (nSPS) is 15.0. The van der Waals surface area contributed by atoms with Gasteiger partial charge < -0.3 is 10.1 Å². The van der Waals surface area contributed by atoms with Crippen molar-refractivity contribution < 1.29 is 22.3 Å². The van der Waals surface area contributed by atoms with Gasteiger partial charge in [0.05, 0.1) is 18.4 Å². The summed E-state index contributed by atoms with van der Waals surface area (Å²) in [4.78, 5) is 13.8. The molecule has 168 valence electrons. The molecule has 1 saturated heterocycles. The van der Waals surface area contributed by atoms with Gasteiger partial charge in [0.15, 0.2) is 0 Å². The van der Waals surface area contributed by atoms with Gasteiger partial charge in [-0.15, -0.1) is 0 Å². The van der Waals surface area contributed by atoms with Gasteiger partial charge in [0.2, 0.25) is 10.0 Å². The Balaban J connectivity index is 1.49. The first kappa shape index (κ1) is 23.3. The van der Waals surface area contributed by atoms with Crippen LogP contribution in [-0.4, -0.2) is 58.3 Å². The molecular weight excluding hydrogens is 421 g/mol. The van der Waals surface area contributed by atoms with E-state index in [4.69, 9.17) is 0 Å². The van der Waals surface area contributed by atoms with Gasteiger partial charge >= 0.3 is 5.97 Å². The van der Waals surface area contributed by atoms with E-state index >= 15 is 0 Å². The van der Waals surface area contributed by atoms with E-state index in [9.17, 15) is 17.6 Å². The van der Waals surface area contributed by atoms with Crippen LogP contribution in [0.4, 0.5) is 4.39 Å². The largest absolute Gasteiger partial charge is 0.465 e. The number of piperazine rings is 1. The molecule has 1 heterocycles. The van der Waals surface area contributed by atoms with E-state index in [0.29, 0.717) is 6.42 Å². The summed E-state index contributed by atoms with van der Waals surface area (Å²) in [6.07, 6.45) is 0.368. The number of hydrogen-bond donors (Lipinski definition) is 2. The first-order valence-corrected chi connectivity index (χ1v) is 11.9. The second kappa shape index (κ2) is 10.8. The molecule has 0 amide bonds. The van der Waals surface area contributed by atoms with Crippen LogP contribution < -0.4 is 10.0 Å². The summed E-state index contributed by atoms with van der Waals surface area (Å²) in [7, 11) is -2.37. The maximum atomic E-state index is 14.1. The fraction of sp³-hybridized carbons (Fsp3) is 0.409. The predicted molar refractivity (Wildman–Crippen MR) is 117 cm³/mol. The Hall–Kier alpha value is -2.33. The maximum Gasteiger partial charge on any atom is 0.337 e. The minimum atomic E-state index is -3.58.